The van der Waals surface area contributed by atoms with Crippen LogP contribution in [0.25, 0.3) is 0 Å². The van der Waals surface area contributed by atoms with Crippen LogP contribution in [-0.4, -0.2) is 26.5 Å². The minimum absolute atomic E-state index is 0.0329. The molecule has 1 atom stereocenters. The first-order chi connectivity index (χ1) is 12.6. The van der Waals surface area contributed by atoms with Gasteiger partial charge in [-0.25, -0.2) is 8.42 Å². The molecule has 0 bridgehead atoms. The van der Waals surface area contributed by atoms with Crippen LogP contribution in [0.1, 0.15) is 36.1 Å². The maximum Gasteiger partial charge on any atom is 0.226 e. The number of benzene rings is 2. The molecule has 0 aliphatic heterocycles. The first-order valence-corrected chi connectivity index (χ1v) is 10.4. The molecule has 0 saturated carbocycles. The Bertz CT molecular complexity index is 950. The highest BCUT2D eigenvalue weighted by Gasteiger charge is 2.18. The van der Waals surface area contributed by atoms with Crippen molar-refractivity contribution in [3.05, 3.63) is 59.2 Å². The van der Waals surface area contributed by atoms with E-state index in [0.717, 1.165) is 22.9 Å². The fourth-order valence-electron chi connectivity index (χ4n) is 2.65. The molecular weight excluding hydrogens is 364 g/mol. The predicted octanol–water partition coefficient (Wildman–Crippen LogP) is 2.91. The summed E-state index contributed by atoms with van der Waals surface area (Å²) in [6.07, 6.45) is 1.15. The Labute approximate surface area is 159 Å². The molecule has 2 N–H and O–H groups in total. The van der Waals surface area contributed by atoms with Crippen LogP contribution in [0.3, 0.4) is 0 Å². The average Bonchev–Trinajstić information content (AvgIpc) is 2.55. The summed E-state index contributed by atoms with van der Waals surface area (Å²) in [4.78, 5) is 24.2. The van der Waals surface area contributed by atoms with Gasteiger partial charge in [-0.1, -0.05) is 35.9 Å². The number of hydrogen-bond donors (Lipinski definition) is 2. The van der Waals surface area contributed by atoms with Gasteiger partial charge in [0.1, 0.15) is 0 Å². The minimum Gasteiger partial charge on any atom is -0.349 e. The number of aryl methyl sites for hydroxylation is 2. The number of nitrogens with one attached hydrogen (secondary N) is 2. The molecule has 0 aliphatic carbocycles. The maximum absolute atomic E-state index is 12.5. The highest BCUT2D eigenvalue weighted by Crippen LogP contribution is 2.22. The zero-order chi connectivity index (χ0) is 20.2. The fraction of sp³-hybridized carbons (Fsp3) is 0.300. The van der Waals surface area contributed by atoms with Gasteiger partial charge in [0.25, 0.3) is 0 Å². The van der Waals surface area contributed by atoms with Crippen molar-refractivity contribution >= 4 is 27.3 Å². The van der Waals surface area contributed by atoms with E-state index < -0.39 is 15.9 Å². The quantitative estimate of drug-likeness (QED) is 0.796. The Morgan fingerprint density at radius 2 is 1.67 bits per heavy atom. The lowest BCUT2D eigenvalue weighted by molar-refractivity contribution is -0.120. The predicted molar refractivity (Wildman–Crippen MR) is 105 cm³/mol. The van der Waals surface area contributed by atoms with E-state index in [0.29, 0.717) is 5.69 Å². The molecule has 7 heteroatoms. The lowest BCUT2D eigenvalue weighted by Gasteiger charge is -2.19. The van der Waals surface area contributed by atoms with E-state index in [-0.39, 0.29) is 23.1 Å². The van der Waals surface area contributed by atoms with Crippen molar-refractivity contribution in [2.75, 3.05) is 11.6 Å². The van der Waals surface area contributed by atoms with Gasteiger partial charge in [-0.3, -0.25) is 9.59 Å². The number of carbonyl (C=O) groups excluding carboxylic acids is 2. The summed E-state index contributed by atoms with van der Waals surface area (Å²) in [7, 11) is -3.37. The van der Waals surface area contributed by atoms with Crippen molar-refractivity contribution in [1.29, 1.82) is 0 Å². The number of amides is 2. The molecule has 2 aromatic carbocycles. The Morgan fingerprint density at radius 1 is 1.04 bits per heavy atom. The molecule has 144 valence electrons. The van der Waals surface area contributed by atoms with Gasteiger partial charge >= 0.3 is 0 Å². The van der Waals surface area contributed by atoms with E-state index >= 15 is 0 Å². The molecule has 0 heterocycles. The van der Waals surface area contributed by atoms with Crippen molar-refractivity contribution in [3.63, 3.8) is 0 Å². The number of anilines is 1. The van der Waals surface area contributed by atoms with Gasteiger partial charge < -0.3 is 10.6 Å². The van der Waals surface area contributed by atoms with Gasteiger partial charge in [0.2, 0.25) is 11.8 Å². The molecule has 27 heavy (non-hydrogen) atoms. The maximum atomic E-state index is 12.5. The molecule has 0 aromatic heterocycles. The van der Waals surface area contributed by atoms with Gasteiger partial charge in [-0.15, -0.1) is 0 Å². The van der Waals surface area contributed by atoms with Crippen molar-refractivity contribution in [2.24, 2.45) is 0 Å². The Hall–Kier alpha value is -2.67. The standard InChI is InChI=1S/C20H24N2O4S/c1-13-5-8-16(9-6-13)19(21-15(3)23)12-20(24)22-18-11-17(27(4,25)26)10-7-14(18)2/h5-11,19H,12H2,1-4H3,(H,21,23)(H,22,24). The molecule has 0 fully saturated rings. The first-order valence-electron chi connectivity index (χ1n) is 8.50. The lowest BCUT2D eigenvalue weighted by Crippen LogP contribution is -2.29. The van der Waals surface area contributed by atoms with Crippen LogP contribution in [0.4, 0.5) is 5.69 Å². The van der Waals surface area contributed by atoms with E-state index in [1.54, 1.807) is 13.0 Å². The second kappa shape index (κ2) is 8.35. The minimum atomic E-state index is -3.37. The van der Waals surface area contributed by atoms with E-state index in [9.17, 15) is 18.0 Å². The number of sulfone groups is 1. The van der Waals surface area contributed by atoms with Crippen LogP contribution in [0.5, 0.6) is 0 Å². The normalized spacial score (nSPS) is 12.3. The number of hydrogen-bond acceptors (Lipinski definition) is 4. The molecule has 0 saturated heterocycles. The van der Waals surface area contributed by atoms with E-state index in [1.807, 2.05) is 31.2 Å². The zero-order valence-corrected chi connectivity index (χ0v) is 16.7. The van der Waals surface area contributed by atoms with Crippen LogP contribution in [0.2, 0.25) is 0 Å². The Morgan fingerprint density at radius 3 is 2.22 bits per heavy atom. The molecule has 2 rings (SSSR count). The van der Waals surface area contributed by atoms with Gasteiger partial charge in [0.15, 0.2) is 9.84 Å². The molecule has 2 aromatic rings. The second-order valence-electron chi connectivity index (χ2n) is 6.66. The highest BCUT2D eigenvalue weighted by atomic mass is 32.2. The van der Waals surface area contributed by atoms with Crippen LogP contribution >= 0.6 is 0 Å². The monoisotopic (exact) mass is 388 g/mol. The van der Waals surface area contributed by atoms with E-state index in [2.05, 4.69) is 10.6 Å². The third-order valence-electron chi connectivity index (χ3n) is 4.16. The Kier molecular flexibility index (Phi) is 6.38. The van der Waals surface area contributed by atoms with Crippen molar-refractivity contribution in [3.8, 4) is 0 Å². The number of rotatable bonds is 6. The summed E-state index contributed by atoms with van der Waals surface area (Å²) in [5.41, 5.74) is 3.10. The summed E-state index contributed by atoms with van der Waals surface area (Å²) < 4.78 is 23.5. The molecule has 6 nitrogen and oxygen atoms in total. The van der Waals surface area contributed by atoms with Crippen LogP contribution in [0.15, 0.2) is 47.4 Å². The third-order valence-corrected chi connectivity index (χ3v) is 5.27. The van der Waals surface area contributed by atoms with Crippen LogP contribution in [0, 0.1) is 13.8 Å². The first kappa shape index (κ1) is 20.6. The fourth-order valence-corrected chi connectivity index (χ4v) is 3.30. The molecule has 2 amide bonds. The zero-order valence-electron chi connectivity index (χ0n) is 15.9. The van der Waals surface area contributed by atoms with Gasteiger partial charge in [0.05, 0.1) is 17.4 Å². The summed E-state index contributed by atoms with van der Waals surface area (Å²) in [6.45, 7) is 5.15. The topological polar surface area (TPSA) is 92.3 Å². The average molecular weight is 388 g/mol. The second-order valence-corrected chi connectivity index (χ2v) is 8.68. The van der Waals surface area contributed by atoms with Crippen molar-refractivity contribution in [2.45, 2.75) is 38.1 Å². The molecule has 1 unspecified atom stereocenters. The molecule has 0 spiro atoms. The van der Waals surface area contributed by atoms with Crippen LogP contribution < -0.4 is 10.6 Å². The van der Waals surface area contributed by atoms with Gasteiger partial charge in [0, 0.05) is 18.9 Å². The molecular formula is C20H24N2O4S. The van der Waals surface area contributed by atoms with Crippen LogP contribution in [-0.2, 0) is 19.4 Å². The summed E-state index contributed by atoms with van der Waals surface area (Å²) in [6, 6.07) is 11.7. The van der Waals surface area contributed by atoms with Gasteiger partial charge in [-0.05, 0) is 37.1 Å². The summed E-state index contributed by atoms with van der Waals surface area (Å²) >= 11 is 0. The highest BCUT2D eigenvalue weighted by molar-refractivity contribution is 7.90. The van der Waals surface area contributed by atoms with Gasteiger partial charge in [-0.2, -0.15) is 0 Å². The number of carbonyl (C=O) groups is 2. The van der Waals surface area contributed by atoms with Crippen molar-refractivity contribution in [1.82, 2.24) is 5.32 Å². The molecule has 0 aliphatic rings. The van der Waals surface area contributed by atoms with E-state index in [1.165, 1.54) is 19.1 Å². The summed E-state index contributed by atoms with van der Waals surface area (Å²) in [5.74, 6) is -0.549. The SMILES string of the molecule is CC(=O)NC(CC(=O)Nc1cc(S(C)(=O)=O)ccc1C)c1ccc(C)cc1. The Balaban J connectivity index is 2.21. The van der Waals surface area contributed by atoms with Crippen molar-refractivity contribution < 1.29 is 18.0 Å². The lowest BCUT2D eigenvalue weighted by atomic mass is 10.0. The third kappa shape index (κ3) is 5.92. The molecule has 0 radical (unpaired) electrons. The summed E-state index contributed by atoms with van der Waals surface area (Å²) in [5, 5.41) is 5.54. The van der Waals surface area contributed by atoms with E-state index in [4.69, 9.17) is 0 Å². The smallest absolute Gasteiger partial charge is 0.226 e. The largest absolute Gasteiger partial charge is 0.349 e.